The van der Waals surface area contributed by atoms with Gasteiger partial charge >= 0.3 is 12.0 Å². The van der Waals surface area contributed by atoms with Gasteiger partial charge in [-0.3, -0.25) is 14.9 Å². The molecule has 1 aliphatic rings. The van der Waals surface area contributed by atoms with E-state index in [1.165, 1.54) is 42.5 Å². The van der Waals surface area contributed by atoms with Crippen molar-refractivity contribution in [2.45, 2.75) is 20.5 Å². The largest absolute Gasteiger partial charge is 0.490 e. The van der Waals surface area contributed by atoms with E-state index >= 15 is 0 Å². The number of amides is 4. The van der Waals surface area contributed by atoms with Gasteiger partial charge in [0.2, 0.25) is 0 Å². The van der Waals surface area contributed by atoms with E-state index < -0.39 is 23.8 Å². The summed E-state index contributed by atoms with van der Waals surface area (Å²) in [6.45, 7) is 4.03. The first kappa shape index (κ1) is 28.5. The van der Waals surface area contributed by atoms with Crippen molar-refractivity contribution in [3.8, 4) is 11.5 Å². The van der Waals surface area contributed by atoms with Crippen LogP contribution in [0.4, 0.5) is 14.9 Å². The number of esters is 1. The number of carbonyl (C=O) groups excluding carboxylic acids is 4. The van der Waals surface area contributed by atoms with Gasteiger partial charge in [-0.25, -0.2) is 18.9 Å². The Morgan fingerprint density at radius 1 is 1.00 bits per heavy atom. The number of hydrogen-bond donors (Lipinski definition) is 1. The Morgan fingerprint density at radius 3 is 2.42 bits per heavy atom. The summed E-state index contributed by atoms with van der Waals surface area (Å²) < 4.78 is 30.6. The van der Waals surface area contributed by atoms with Gasteiger partial charge in [-0.2, -0.15) is 0 Å². The fraction of sp³-hybridized carbons (Fsp3) is 0.172. The smallest absolute Gasteiger partial charge is 0.338 e. The number of anilines is 1. The zero-order valence-corrected chi connectivity index (χ0v) is 23.1. The molecule has 3 aromatic carbocycles. The van der Waals surface area contributed by atoms with Crippen molar-refractivity contribution in [2.24, 2.45) is 0 Å². The second kappa shape index (κ2) is 12.6. The van der Waals surface area contributed by atoms with Crippen LogP contribution in [-0.4, -0.2) is 37.0 Å². The highest BCUT2D eigenvalue weighted by molar-refractivity contribution is 9.10. The lowest BCUT2D eigenvalue weighted by atomic mass is 10.1. The van der Waals surface area contributed by atoms with Crippen molar-refractivity contribution in [3.63, 3.8) is 0 Å². The van der Waals surface area contributed by atoms with Gasteiger partial charge in [-0.1, -0.05) is 12.1 Å². The van der Waals surface area contributed by atoms with Crippen LogP contribution in [0, 0.1) is 5.82 Å². The lowest BCUT2D eigenvalue weighted by Crippen LogP contribution is -2.54. The fourth-order valence-electron chi connectivity index (χ4n) is 3.88. The third-order valence-corrected chi connectivity index (χ3v) is 6.24. The SMILES string of the molecule is CCOC(=O)c1ccc(N2C(=O)NC(=O)/C(=C\c3cc(Br)c(OCc4cccc(F)c4)c(OCC)c3)C2=O)cc1. The van der Waals surface area contributed by atoms with Crippen molar-refractivity contribution < 1.29 is 37.8 Å². The zero-order valence-electron chi connectivity index (χ0n) is 21.5. The minimum absolute atomic E-state index is 0.0732. The minimum Gasteiger partial charge on any atom is -0.490 e. The Kier molecular flexibility index (Phi) is 8.95. The van der Waals surface area contributed by atoms with Crippen LogP contribution in [0.25, 0.3) is 6.08 Å². The van der Waals surface area contributed by atoms with E-state index in [0.29, 0.717) is 33.7 Å². The summed E-state index contributed by atoms with van der Waals surface area (Å²) in [5.41, 5.74) is 1.14. The van der Waals surface area contributed by atoms with Gasteiger partial charge in [-0.05, 0) is 95.5 Å². The number of imide groups is 2. The highest BCUT2D eigenvalue weighted by Crippen LogP contribution is 2.38. The van der Waals surface area contributed by atoms with Gasteiger partial charge in [0, 0.05) is 0 Å². The van der Waals surface area contributed by atoms with Gasteiger partial charge in [0.1, 0.15) is 18.0 Å². The van der Waals surface area contributed by atoms with Gasteiger partial charge < -0.3 is 14.2 Å². The first-order valence-electron chi connectivity index (χ1n) is 12.2. The number of urea groups is 1. The molecule has 1 heterocycles. The minimum atomic E-state index is -0.923. The van der Waals surface area contributed by atoms with Gasteiger partial charge in [-0.15, -0.1) is 0 Å². The Hall–Kier alpha value is -4.51. The first-order chi connectivity index (χ1) is 19.2. The molecule has 1 N–H and O–H groups in total. The standard InChI is InChI=1S/C29H24BrFN2O7/c1-3-38-24-15-18(14-23(30)25(24)40-16-17-6-5-7-20(31)12-17)13-22-26(34)32-29(37)33(27(22)35)21-10-8-19(9-11-21)28(36)39-4-2/h5-15H,3-4,16H2,1-2H3,(H,32,34,37)/b22-13+. The quantitative estimate of drug-likeness (QED) is 0.196. The normalized spacial score (nSPS) is 14.2. The Morgan fingerprint density at radius 2 is 1.75 bits per heavy atom. The summed E-state index contributed by atoms with van der Waals surface area (Å²) in [7, 11) is 0. The number of rotatable bonds is 9. The molecule has 0 saturated carbocycles. The van der Waals surface area contributed by atoms with Crippen molar-refractivity contribution in [3.05, 3.63) is 93.2 Å². The highest BCUT2D eigenvalue weighted by atomic mass is 79.9. The van der Waals surface area contributed by atoms with Crippen LogP contribution >= 0.6 is 15.9 Å². The average Bonchev–Trinajstić information content (AvgIpc) is 2.91. The van der Waals surface area contributed by atoms with Crippen LogP contribution < -0.4 is 19.7 Å². The molecule has 11 heteroatoms. The molecule has 40 heavy (non-hydrogen) atoms. The van der Waals surface area contributed by atoms with Gasteiger partial charge in [0.25, 0.3) is 11.8 Å². The lowest BCUT2D eigenvalue weighted by Gasteiger charge is -2.26. The molecule has 0 unspecified atom stereocenters. The number of carbonyl (C=O) groups is 4. The van der Waals surface area contributed by atoms with Crippen LogP contribution in [-0.2, 0) is 20.9 Å². The molecule has 4 rings (SSSR count). The Labute approximate surface area is 237 Å². The highest BCUT2D eigenvalue weighted by Gasteiger charge is 2.37. The second-order valence-electron chi connectivity index (χ2n) is 8.41. The molecule has 4 amide bonds. The molecule has 0 aliphatic carbocycles. The van der Waals surface area contributed by atoms with Gasteiger partial charge in [0.15, 0.2) is 11.5 Å². The number of barbiturate groups is 1. The van der Waals surface area contributed by atoms with E-state index in [4.69, 9.17) is 14.2 Å². The fourth-order valence-corrected chi connectivity index (χ4v) is 4.45. The number of nitrogens with zero attached hydrogens (tertiary/aromatic N) is 1. The molecule has 206 valence electrons. The summed E-state index contributed by atoms with van der Waals surface area (Å²) in [4.78, 5) is 51.3. The molecule has 0 spiro atoms. The van der Waals surface area contributed by atoms with Crippen molar-refractivity contribution in [1.82, 2.24) is 5.32 Å². The Balaban J connectivity index is 1.62. The molecule has 0 radical (unpaired) electrons. The number of halogens is 2. The summed E-state index contributed by atoms with van der Waals surface area (Å²) in [5, 5.41) is 2.16. The third-order valence-electron chi connectivity index (χ3n) is 5.65. The molecule has 1 aliphatic heterocycles. The van der Waals surface area contributed by atoms with Crippen molar-refractivity contribution in [1.29, 1.82) is 0 Å². The number of nitrogens with one attached hydrogen (secondary N) is 1. The lowest BCUT2D eigenvalue weighted by molar-refractivity contribution is -0.122. The number of ether oxygens (including phenoxy) is 3. The monoisotopic (exact) mass is 610 g/mol. The first-order valence-corrected chi connectivity index (χ1v) is 13.0. The Bertz CT molecular complexity index is 1500. The van der Waals surface area contributed by atoms with Crippen LogP contribution in [0.3, 0.4) is 0 Å². The maximum atomic E-state index is 13.6. The average molecular weight is 611 g/mol. The molecule has 0 aromatic heterocycles. The molecule has 0 atom stereocenters. The summed E-state index contributed by atoms with van der Waals surface area (Å²) in [5.74, 6) is -1.96. The molecule has 9 nitrogen and oxygen atoms in total. The second-order valence-corrected chi connectivity index (χ2v) is 9.26. The summed E-state index contributed by atoms with van der Waals surface area (Å²) in [6.07, 6.45) is 1.33. The predicted octanol–water partition coefficient (Wildman–Crippen LogP) is 5.41. The molecule has 0 bridgehead atoms. The molecule has 3 aromatic rings. The van der Waals surface area contributed by atoms with E-state index in [9.17, 15) is 23.6 Å². The topological polar surface area (TPSA) is 111 Å². The summed E-state index contributed by atoms with van der Waals surface area (Å²) in [6, 6.07) is 13.9. The number of hydrogen-bond acceptors (Lipinski definition) is 7. The third kappa shape index (κ3) is 6.37. The van der Waals surface area contributed by atoms with E-state index in [1.807, 2.05) is 0 Å². The zero-order chi connectivity index (χ0) is 28.8. The molecular weight excluding hydrogens is 587 g/mol. The van der Waals surface area contributed by atoms with E-state index in [0.717, 1.165) is 4.90 Å². The predicted molar refractivity (Wildman–Crippen MR) is 147 cm³/mol. The molecule has 1 fully saturated rings. The van der Waals surface area contributed by atoms with Crippen LogP contribution in [0.1, 0.15) is 35.3 Å². The van der Waals surface area contributed by atoms with Crippen LogP contribution in [0.5, 0.6) is 11.5 Å². The maximum Gasteiger partial charge on any atom is 0.338 e. The van der Waals surface area contributed by atoms with Gasteiger partial charge in [0.05, 0.1) is 28.9 Å². The molecular formula is C29H24BrFN2O7. The van der Waals surface area contributed by atoms with E-state index in [2.05, 4.69) is 21.2 Å². The molecule has 1 saturated heterocycles. The van der Waals surface area contributed by atoms with Crippen molar-refractivity contribution in [2.75, 3.05) is 18.1 Å². The summed E-state index contributed by atoms with van der Waals surface area (Å²) >= 11 is 3.44. The van der Waals surface area contributed by atoms with E-state index in [1.54, 1.807) is 38.1 Å². The van der Waals surface area contributed by atoms with Crippen LogP contribution in [0.2, 0.25) is 0 Å². The maximum absolute atomic E-state index is 13.6. The number of benzene rings is 3. The van der Waals surface area contributed by atoms with Crippen molar-refractivity contribution >= 4 is 51.5 Å². The van der Waals surface area contributed by atoms with E-state index in [-0.39, 0.29) is 35.9 Å². The van der Waals surface area contributed by atoms with Crippen LogP contribution in [0.15, 0.2) is 70.7 Å².